The molecule has 102 valence electrons. The van der Waals surface area contributed by atoms with Crippen LogP contribution in [0.4, 0.5) is 0 Å². The maximum absolute atomic E-state index is 5.95. The SMILES string of the molecule is Cc1cc(Cl)ccc1-c1nc(CNC(C)(C)C)co1. The molecule has 0 saturated carbocycles. The van der Waals surface area contributed by atoms with Gasteiger partial charge in [-0.05, 0) is 51.5 Å². The predicted molar refractivity (Wildman–Crippen MR) is 78.3 cm³/mol. The molecule has 1 aromatic carbocycles. The number of halogens is 1. The van der Waals surface area contributed by atoms with Gasteiger partial charge in [0, 0.05) is 22.7 Å². The third kappa shape index (κ3) is 3.82. The van der Waals surface area contributed by atoms with Crippen LogP contribution in [0.1, 0.15) is 32.0 Å². The summed E-state index contributed by atoms with van der Waals surface area (Å²) in [5, 5.41) is 4.11. The summed E-state index contributed by atoms with van der Waals surface area (Å²) in [7, 11) is 0. The van der Waals surface area contributed by atoms with Crippen molar-refractivity contribution < 1.29 is 4.42 Å². The van der Waals surface area contributed by atoms with Gasteiger partial charge in [-0.2, -0.15) is 0 Å². The van der Waals surface area contributed by atoms with Gasteiger partial charge >= 0.3 is 0 Å². The summed E-state index contributed by atoms with van der Waals surface area (Å²) < 4.78 is 5.54. The van der Waals surface area contributed by atoms with Gasteiger partial charge in [0.15, 0.2) is 0 Å². The fourth-order valence-corrected chi connectivity index (χ4v) is 1.96. The molecule has 0 fully saturated rings. The number of aryl methyl sites for hydroxylation is 1. The first-order valence-electron chi connectivity index (χ1n) is 6.31. The van der Waals surface area contributed by atoms with Gasteiger partial charge in [-0.15, -0.1) is 0 Å². The molecule has 1 heterocycles. The van der Waals surface area contributed by atoms with E-state index < -0.39 is 0 Å². The van der Waals surface area contributed by atoms with E-state index in [0.29, 0.717) is 12.4 Å². The molecule has 3 nitrogen and oxygen atoms in total. The van der Waals surface area contributed by atoms with Crippen molar-refractivity contribution in [2.45, 2.75) is 39.8 Å². The van der Waals surface area contributed by atoms with Gasteiger partial charge in [-0.25, -0.2) is 4.98 Å². The second kappa shape index (κ2) is 5.35. The summed E-state index contributed by atoms with van der Waals surface area (Å²) >= 11 is 5.95. The van der Waals surface area contributed by atoms with Crippen molar-refractivity contribution in [1.82, 2.24) is 10.3 Å². The van der Waals surface area contributed by atoms with Gasteiger partial charge in [-0.3, -0.25) is 0 Å². The lowest BCUT2D eigenvalue weighted by Gasteiger charge is -2.19. The highest BCUT2D eigenvalue weighted by molar-refractivity contribution is 6.30. The lowest BCUT2D eigenvalue weighted by Crippen LogP contribution is -2.35. The Morgan fingerprint density at radius 2 is 2.05 bits per heavy atom. The van der Waals surface area contributed by atoms with E-state index in [1.54, 1.807) is 6.26 Å². The number of nitrogens with one attached hydrogen (secondary N) is 1. The molecule has 2 aromatic rings. The van der Waals surface area contributed by atoms with Crippen molar-refractivity contribution in [3.8, 4) is 11.5 Å². The Morgan fingerprint density at radius 3 is 2.68 bits per heavy atom. The second-order valence-electron chi connectivity index (χ2n) is 5.71. The first kappa shape index (κ1) is 14.1. The predicted octanol–water partition coefficient (Wildman–Crippen LogP) is 4.19. The zero-order valence-corrected chi connectivity index (χ0v) is 12.5. The van der Waals surface area contributed by atoms with Crippen molar-refractivity contribution >= 4 is 11.6 Å². The van der Waals surface area contributed by atoms with Crippen LogP contribution in [-0.4, -0.2) is 10.5 Å². The first-order chi connectivity index (χ1) is 8.85. The van der Waals surface area contributed by atoms with Gasteiger partial charge in [0.1, 0.15) is 6.26 Å². The summed E-state index contributed by atoms with van der Waals surface area (Å²) in [6.07, 6.45) is 1.70. The summed E-state index contributed by atoms with van der Waals surface area (Å²) in [4.78, 5) is 4.50. The van der Waals surface area contributed by atoms with E-state index in [9.17, 15) is 0 Å². The van der Waals surface area contributed by atoms with E-state index in [1.807, 2.05) is 25.1 Å². The van der Waals surface area contributed by atoms with E-state index >= 15 is 0 Å². The van der Waals surface area contributed by atoms with Crippen molar-refractivity contribution in [1.29, 1.82) is 0 Å². The van der Waals surface area contributed by atoms with Crippen LogP contribution >= 0.6 is 11.6 Å². The number of aromatic nitrogens is 1. The molecule has 1 N–H and O–H groups in total. The molecular formula is C15H19ClN2O. The zero-order valence-electron chi connectivity index (χ0n) is 11.7. The van der Waals surface area contributed by atoms with Crippen LogP contribution < -0.4 is 5.32 Å². The minimum atomic E-state index is 0.0648. The molecule has 0 aliphatic rings. The Kier molecular flexibility index (Phi) is 3.97. The molecule has 4 heteroatoms. The molecule has 0 radical (unpaired) electrons. The van der Waals surface area contributed by atoms with E-state index in [1.165, 1.54) is 0 Å². The highest BCUT2D eigenvalue weighted by Crippen LogP contribution is 2.25. The van der Waals surface area contributed by atoms with Crippen molar-refractivity contribution in [3.05, 3.63) is 40.7 Å². The van der Waals surface area contributed by atoms with E-state index in [0.717, 1.165) is 21.8 Å². The van der Waals surface area contributed by atoms with Crippen LogP contribution in [0.3, 0.4) is 0 Å². The Labute approximate surface area is 119 Å². The van der Waals surface area contributed by atoms with Crippen molar-refractivity contribution in [2.24, 2.45) is 0 Å². The maximum atomic E-state index is 5.95. The minimum Gasteiger partial charge on any atom is -0.444 e. The normalized spacial score (nSPS) is 11.8. The van der Waals surface area contributed by atoms with Crippen LogP contribution in [0.25, 0.3) is 11.5 Å². The molecule has 0 saturated heterocycles. The van der Waals surface area contributed by atoms with Crippen molar-refractivity contribution in [3.63, 3.8) is 0 Å². The molecule has 0 amide bonds. The second-order valence-corrected chi connectivity index (χ2v) is 6.14. The molecule has 0 unspecified atom stereocenters. The lowest BCUT2D eigenvalue weighted by atomic mass is 10.1. The molecule has 19 heavy (non-hydrogen) atoms. The van der Waals surface area contributed by atoms with Gasteiger partial charge in [-0.1, -0.05) is 11.6 Å². The minimum absolute atomic E-state index is 0.0648. The third-order valence-electron chi connectivity index (χ3n) is 2.77. The number of rotatable bonds is 3. The lowest BCUT2D eigenvalue weighted by molar-refractivity contribution is 0.421. The average Bonchev–Trinajstić information content (AvgIpc) is 2.74. The zero-order chi connectivity index (χ0) is 14.0. The molecule has 1 aromatic heterocycles. The van der Waals surface area contributed by atoms with E-state index in [-0.39, 0.29) is 5.54 Å². The van der Waals surface area contributed by atoms with Crippen LogP contribution in [0.15, 0.2) is 28.9 Å². The van der Waals surface area contributed by atoms with Crippen LogP contribution in [0.5, 0.6) is 0 Å². The molecule has 2 rings (SSSR count). The fourth-order valence-electron chi connectivity index (χ4n) is 1.73. The monoisotopic (exact) mass is 278 g/mol. The maximum Gasteiger partial charge on any atom is 0.226 e. The fraction of sp³-hybridized carbons (Fsp3) is 0.400. The molecule has 0 atom stereocenters. The molecular weight excluding hydrogens is 260 g/mol. The highest BCUT2D eigenvalue weighted by atomic mass is 35.5. The van der Waals surface area contributed by atoms with Gasteiger partial charge in [0.2, 0.25) is 5.89 Å². The van der Waals surface area contributed by atoms with E-state index in [2.05, 4.69) is 31.1 Å². The Hall–Kier alpha value is -1.32. The van der Waals surface area contributed by atoms with Gasteiger partial charge in [0.05, 0.1) is 5.69 Å². The summed E-state index contributed by atoms with van der Waals surface area (Å²) in [6.45, 7) is 9.06. The smallest absolute Gasteiger partial charge is 0.226 e. The summed E-state index contributed by atoms with van der Waals surface area (Å²) in [5.41, 5.74) is 3.00. The Balaban J connectivity index is 2.16. The number of benzene rings is 1. The molecule has 0 aliphatic carbocycles. The number of hydrogen-bond acceptors (Lipinski definition) is 3. The standard InChI is InChI=1S/C15H19ClN2O/c1-10-7-11(16)5-6-13(10)14-18-12(9-19-14)8-17-15(2,3)4/h5-7,9,17H,8H2,1-4H3. The Bertz CT molecular complexity index is 570. The van der Waals surface area contributed by atoms with Crippen molar-refractivity contribution in [2.75, 3.05) is 0 Å². The number of hydrogen-bond donors (Lipinski definition) is 1. The molecule has 0 aliphatic heterocycles. The third-order valence-corrected chi connectivity index (χ3v) is 3.01. The van der Waals surface area contributed by atoms with Crippen LogP contribution in [-0.2, 0) is 6.54 Å². The highest BCUT2D eigenvalue weighted by Gasteiger charge is 2.12. The van der Waals surface area contributed by atoms with Gasteiger partial charge in [0.25, 0.3) is 0 Å². The molecule has 0 bridgehead atoms. The largest absolute Gasteiger partial charge is 0.444 e. The molecule has 0 spiro atoms. The van der Waals surface area contributed by atoms with Crippen LogP contribution in [0.2, 0.25) is 5.02 Å². The topological polar surface area (TPSA) is 38.1 Å². The Morgan fingerprint density at radius 1 is 1.32 bits per heavy atom. The summed E-state index contributed by atoms with van der Waals surface area (Å²) in [6, 6.07) is 5.69. The average molecular weight is 279 g/mol. The first-order valence-corrected chi connectivity index (χ1v) is 6.69. The van der Waals surface area contributed by atoms with Crippen LogP contribution in [0, 0.1) is 6.92 Å². The van der Waals surface area contributed by atoms with E-state index in [4.69, 9.17) is 16.0 Å². The quantitative estimate of drug-likeness (QED) is 0.915. The number of nitrogens with zero attached hydrogens (tertiary/aromatic N) is 1. The number of oxazole rings is 1. The summed E-state index contributed by atoms with van der Waals surface area (Å²) in [5.74, 6) is 0.639. The van der Waals surface area contributed by atoms with Gasteiger partial charge < -0.3 is 9.73 Å².